The summed E-state index contributed by atoms with van der Waals surface area (Å²) in [5.41, 5.74) is 2.63. The summed E-state index contributed by atoms with van der Waals surface area (Å²) in [7, 11) is 3.19. The number of halogens is 1. The van der Waals surface area contributed by atoms with E-state index in [2.05, 4.69) is 15.5 Å². The summed E-state index contributed by atoms with van der Waals surface area (Å²) in [6.07, 6.45) is 0. The van der Waals surface area contributed by atoms with E-state index in [1.165, 1.54) is 28.7 Å². The van der Waals surface area contributed by atoms with E-state index < -0.39 is 0 Å². The molecule has 1 unspecified atom stereocenters. The van der Waals surface area contributed by atoms with E-state index in [4.69, 9.17) is 21.1 Å². The number of anilines is 1. The molecule has 0 aliphatic rings. The molecule has 164 valence electrons. The van der Waals surface area contributed by atoms with E-state index >= 15 is 0 Å². The molecule has 1 amide bonds. The first-order valence-corrected chi connectivity index (χ1v) is 12.4. The van der Waals surface area contributed by atoms with E-state index in [0.717, 1.165) is 25.7 Å². The number of thioether (sulfide) groups is 2. The normalized spacial score (nSPS) is 11.8. The van der Waals surface area contributed by atoms with Crippen LogP contribution in [0.1, 0.15) is 18.1 Å². The Morgan fingerprint density at radius 1 is 1.16 bits per heavy atom. The van der Waals surface area contributed by atoms with Gasteiger partial charge in [0.05, 0.1) is 25.2 Å². The number of aryl methyl sites for hydroxylation is 1. The van der Waals surface area contributed by atoms with Crippen molar-refractivity contribution in [3.8, 4) is 11.5 Å². The van der Waals surface area contributed by atoms with Gasteiger partial charge in [0.2, 0.25) is 5.91 Å². The van der Waals surface area contributed by atoms with Gasteiger partial charge in [-0.15, -0.1) is 10.2 Å². The van der Waals surface area contributed by atoms with Crippen LogP contribution in [0.2, 0.25) is 5.02 Å². The van der Waals surface area contributed by atoms with Gasteiger partial charge < -0.3 is 14.8 Å². The third-order valence-electron chi connectivity index (χ3n) is 4.29. The largest absolute Gasteiger partial charge is 0.497 e. The van der Waals surface area contributed by atoms with Crippen molar-refractivity contribution in [3.63, 3.8) is 0 Å². The average Bonchev–Trinajstić information content (AvgIpc) is 3.22. The summed E-state index contributed by atoms with van der Waals surface area (Å²) in [4.78, 5) is 12.7. The quantitative estimate of drug-likeness (QED) is 0.369. The molecule has 10 heteroatoms. The molecule has 0 bridgehead atoms. The number of carbonyl (C=O) groups is 1. The predicted octanol–water partition coefficient (Wildman–Crippen LogP) is 5.93. The van der Waals surface area contributed by atoms with Crippen LogP contribution in [-0.4, -0.2) is 35.6 Å². The van der Waals surface area contributed by atoms with E-state index in [1.807, 2.05) is 38.1 Å². The van der Waals surface area contributed by atoms with Gasteiger partial charge in [-0.1, -0.05) is 58.6 Å². The maximum absolute atomic E-state index is 12.7. The highest BCUT2D eigenvalue weighted by atomic mass is 35.5. The Morgan fingerprint density at radius 3 is 2.55 bits per heavy atom. The maximum atomic E-state index is 12.7. The molecule has 0 aliphatic heterocycles. The van der Waals surface area contributed by atoms with Crippen molar-refractivity contribution in [1.29, 1.82) is 0 Å². The van der Waals surface area contributed by atoms with Crippen LogP contribution in [0.25, 0.3) is 0 Å². The van der Waals surface area contributed by atoms with E-state index in [9.17, 15) is 4.79 Å². The lowest BCUT2D eigenvalue weighted by Crippen LogP contribution is -2.22. The Bertz CT molecular complexity index is 1040. The van der Waals surface area contributed by atoms with Crippen molar-refractivity contribution >= 4 is 58.1 Å². The van der Waals surface area contributed by atoms with Gasteiger partial charge in [0, 0.05) is 16.8 Å². The molecule has 0 spiro atoms. The fraction of sp³-hybridized carbons (Fsp3) is 0.286. The lowest BCUT2D eigenvalue weighted by Gasteiger charge is -2.14. The second-order valence-corrected chi connectivity index (χ2v) is 10.7. The monoisotopic (exact) mass is 495 g/mol. The smallest absolute Gasteiger partial charge is 0.237 e. The van der Waals surface area contributed by atoms with Crippen LogP contribution in [0.4, 0.5) is 5.69 Å². The van der Waals surface area contributed by atoms with Crippen LogP contribution >= 0.6 is 46.5 Å². The summed E-state index contributed by atoms with van der Waals surface area (Å²) in [6, 6.07) is 11.4. The molecule has 1 N–H and O–H groups in total. The van der Waals surface area contributed by atoms with Gasteiger partial charge in [0.25, 0.3) is 0 Å². The van der Waals surface area contributed by atoms with Crippen LogP contribution in [0.3, 0.4) is 0 Å². The van der Waals surface area contributed by atoms with Gasteiger partial charge in [-0.05, 0) is 43.2 Å². The van der Waals surface area contributed by atoms with Gasteiger partial charge in [0.1, 0.15) is 11.5 Å². The molecular formula is C21H22ClN3O3S3. The van der Waals surface area contributed by atoms with Crippen molar-refractivity contribution in [2.75, 3.05) is 19.5 Å². The summed E-state index contributed by atoms with van der Waals surface area (Å²) < 4.78 is 12.1. The standard InChI is InChI=1S/C21H22ClN3O3S3/c1-12-9-17(18(28-4)10-16(12)22)23-19(26)13(2)30-21-25-24-20(31-21)29-11-14-5-7-15(27-3)8-6-14/h5-10,13H,11H2,1-4H3,(H,23,26). The van der Waals surface area contributed by atoms with Crippen molar-refractivity contribution in [3.05, 3.63) is 52.5 Å². The van der Waals surface area contributed by atoms with Crippen molar-refractivity contribution < 1.29 is 14.3 Å². The predicted molar refractivity (Wildman–Crippen MR) is 129 cm³/mol. The van der Waals surface area contributed by atoms with Gasteiger partial charge in [-0.2, -0.15) is 0 Å². The number of nitrogens with zero attached hydrogens (tertiary/aromatic N) is 2. The zero-order chi connectivity index (χ0) is 22.4. The zero-order valence-corrected chi connectivity index (χ0v) is 20.7. The molecule has 1 aromatic heterocycles. The number of amides is 1. The lowest BCUT2D eigenvalue weighted by molar-refractivity contribution is -0.115. The molecule has 3 aromatic rings. The topological polar surface area (TPSA) is 73.3 Å². The molecule has 0 aliphatic carbocycles. The second-order valence-electron chi connectivity index (χ2n) is 6.52. The van der Waals surface area contributed by atoms with Crippen LogP contribution in [-0.2, 0) is 10.5 Å². The molecule has 1 atom stereocenters. The highest BCUT2D eigenvalue weighted by molar-refractivity contribution is 8.03. The first-order valence-electron chi connectivity index (χ1n) is 9.30. The molecule has 0 saturated heterocycles. The lowest BCUT2D eigenvalue weighted by atomic mass is 10.2. The SMILES string of the molecule is COc1ccc(CSc2nnc(SC(C)C(=O)Nc3cc(C)c(Cl)cc3OC)s2)cc1. The summed E-state index contributed by atoms with van der Waals surface area (Å²) in [5.74, 6) is 2.00. The molecule has 0 saturated carbocycles. The Balaban J connectivity index is 1.56. The fourth-order valence-corrected chi connectivity index (χ4v) is 5.81. The summed E-state index contributed by atoms with van der Waals surface area (Å²) >= 11 is 10.6. The number of hydrogen-bond donors (Lipinski definition) is 1. The van der Waals surface area contributed by atoms with E-state index in [0.29, 0.717) is 16.5 Å². The van der Waals surface area contributed by atoms with Crippen LogP contribution < -0.4 is 14.8 Å². The number of aromatic nitrogens is 2. The minimum absolute atomic E-state index is 0.146. The number of hydrogen-bond acceptors (Lipinski definition) is 8. The van der Waals surface area contributed by atoms with E-state index in [1.54, 1.807) is 38.1 Å². The van der Waals surface area contributed by atoms with Gasteiger partial charge in [-0.25, -0.2) is 0 Å². The Morgan fingerprint density at radius 2 is 1.87 bits per heavy atom. The number of carbonyl (C=O) groups excluding carboxylic acids is 1. The highest BCUT2D eigenvalue weighted by Crippen LogP contribution is 2.35. The fourth-order valence-electron chi connectivity index (χ4n) is 2.54. The molecule has 2 aromatic carbocycles. The third-order valence-corrected chi connectivity index (χ3v) is 8.01. The van der Waals surface area contributed by atoms with Crippen LogP contribution in [0.5, 0.6) is 11.5 Å². The first kappa shape index (κ1) is 23.7. The van der Waals surface area contributed by atoms with Gasteiger partial charge >= 0.3 is 0 Å². The number of methoxy groups -OCH3 is 2. The van der Waals surface area contributed by atoms with E-state index in [-0.39, 0.29) is 11.2 Å². The second kappa shape index (κ2) is 11.1. The minimum atomic E-state index is -0.354. The molecular weight excluding hydrogens is 474 g/mol. The third kappa shape index (κ3) is 6.52. The summed E-state index contributed by atoms with van der Waals surface area (Å²) in [6.45, 7) is 3.71. The Labute approximate surface area is 199 Å². The molecule has 1 heterocycles. The molecule has 3 rings (SSSR count). The van der Waals surface area contributed by atoms with Crippen LogP contribution in [0, 0.1) is 6.92 Å². The van der Waals surface area contributed by atoms with Crippen molar-refractivity contribution in [2.24, 2.45) is 0 Å². The first-order chi connectivity index (χ1) is 14.9. The Kier molecular flexibility index (Phi) is 8.48. The van der Waals surface area contributed by atoms with Gasteiger partial charge in [-0.3, -0.25) is 4.79 Å². The molecule has 0 fully saturated rings. The highest BCUT2D eigenvalue weighted by Gasteiger charge is 2.19. The van der Waals surface area contributed by atoms with Crippen LogP contribution in [0.15, 0.2) is 45.1 Å². The van der Waals surface area contributed by atoms with Crippen molar-refractivity contribution in [2.45, 2.75) is 33.5 Å². The molecule has 0 radical (unpaired) electrons. The maximum Gasteiger partial charge on any atom is 0.237 e. The molecule has 6 nitrogen and oxygen atoms in total. The number of benzene rings is 2. The van der Waals surface area contributed by atoms with Crippen molar-refractivity contribution in [1.82, 2.24) is 10.2 Å². The summed E-state index contributed by atoms with van der Waals surface area (Å²) in [5, 5.41) is 11.6. The number of rotatable bonds is 9. The number of ether oxygens (including phenoxy) is 2. The minimum Gasteiger partial charge on any atom is -0.497 e. The zero-order valence-electron chi connectivity index (χ0n) is 17.5. The Hall–Kier alpha value is -1.94. The number of nitrogens with one attached hydrogen (secondary N) is 1. The van der Waals surface area contributed by atoms with Gasteiger partial charge in [0.15, 0.2) is 8.68 Å². The average molecular weight is 496 g/mol. The molecule has 31 heavy (non-hydrogen) atoms.